The third-order valence-corrected chi connectivity index (χ3v) is 3.55. The molecule has 1 heterocycles. The van der Waals surface area contributed by atoms with Gasteiger partial charge < -0.3 is 9.32 Å². The maximum absolute atomic E-state index is 12.5. The molecule has 0 saturated carbocycles. The van der Waals surface area contributed by atoms with E-state index in [0.717, 1.165) is 37.0 Å². The number of ketones is 1. The van der Waals surface area contributed by atoms with Crippen molar-refractivity contribution in [3.63, 3.8) is 0 Å². The zero-order valence-corrected chi connectivity index (χ0v) is 13.1. The van der Waals surface area contributed by atoms with E-state index in [2.05, 4.69) is 30.8 Å². The van der Waals surface area contributed by atoms with Gasteiger partial charge in [0.1, 0.15) is 11.8 Å². The van der Waals surface area contributed by atoms with Gasteiger partial charge in [-0.15, -0.1) is 0 Å². The molecule has 2 rings (SSSR count). The molecule has 0 amide bonds. The molecule has 1 aromatic heterocycles. The zero-order valence-electron chi connectivity index (χ0n) is 13.1. The highest BCUT2D eigenvalue weighted by Gasteiger charge is 2.16. The van der Waals surface area contributed by atoms with E-state index in [9.17, 15) is 4.79 Å². The minimum Gasteiger partial charge on any atom is -0.464 e. The van der Waals surface area contributed by atoms with Gasteiger partial charge in [0.15, 0.2) is 5.78 Å². The molecular formula is C17H24N2O2. The maximum Gasteiger partial charge on any atom is 0.180 e. The molecule has 0 bridgehead atoms. The van der Waals surface area contributed by atoms with Crippen molar-refractivity contribution in [2.24, 2.45) is 0 Å². The average Bonchev–Trinajstić information content (AvgIpc) is 2.89. The Kier molecular flexibility index (Phi) is 5.53. The van der Waals surface area contributed by atoms with Crippen LogP contribution in [0, 0.1) is 0 Å². The molecule has 114 valence electrons. The Hall–Kier alpha value is -1.65. The summed E-state index contributed by atoms with van der Waals surface area (Å²) in [5, 5.41) is 0.909. The molecule has 0 aliphatic carbocycles. The molecule has 0 unspecified atom stereocenters. The Bertz CT molecular complexity index is 589. The molecule has 0 N–H and O–H groups in total. The van der Waals surface area contributed by atoms with Gasteiger partial charge in [-0.05, 0) is 33.1 Å². The second kappa shape index (κ2) is 7.38. The Morgan fingerprint density at radius 1 is 1.14 bits per heavy atom. The average molecular weight is 288 g/mol. The molecule has 0 aliphatic heterocycles. The van der Waals surface area contributed by atoms with E-state index in [4.69, 9.17) is 4.42 Å². The Morgan fingerprint density at radius 3 is 2.62 bits per heavy atom. The van der Waals surface area contributed by atoms with Crippen LogP contribution in [0.2, 0.25) is 0 Å². The third-order valence-electron chi connectivity index (χ3n) is 3.55. The first-order chi connectivity index (χ1) is 10.1. The lowest BCUT2D eigenvalue weighted by molar-refractivity contribution is 0.0926. The van der Waals surface area contributed by atoms with E-state index in [-0.39, 0.29) is 5.78 Å². The van der Waals surface area contributed by atoms with Crippen LogP contribution in [0.1, 0.15) is 23.7 Å². The van der Waals surface area contributed by atoms with Crippen molar-refractivity contribution < 1.29 is 9.21 Å². The second-order valence-corrected chi connectivity index (χ2v) is 5.65. The van der Waals surface area contributed by atoms with Gasteiger partial charge in [-0.3, -0.25) is 9.69 Å². The fourth-order valence-electron chi connectivity index (χ4n) is 2.41. The number of carbonyl (C=O) groups is 1. The molecule has 21 heavy (non-hydrogen) atoms. The maximum atomic E-state index is 12.5. The molecule has 0 spiro atoms. The van der Waals surface area contributed by atoms with Gasteiger partial charge >= 0.3 is 0 Å². The SMILES string of the molecule is CCCN(CCN(C)C)CC(=O)c1coc2ccccc12. The van der Waals surface area contributed by atoms with Crippen molar-refractivity contribution in [3.8, 4) is 0 Å². The van der Waals surface area contributed by atoms with Gasteiger partial charge in [-0.1, -0.05) is 25.1 Å². The summed E-state index contributed by atoms with van der Waals surface area (Å²) >= 11 is 0. The van der Waals surface area contributed by atoms with Crippen LogP contribution in [0.25, 0.3) is 11.0 Å². The van der Waals surface area contributed by atoms with E-state index in [0.29, 0.717) is 12.1 Å². The molecule has 0 saturated heterocycles. The number of para-hydroxylation sites is 1. The number of hydrogen-bond acceptors (Lipinski definition) is 4. The minimum absolute atomic E-state index is 0.132. The van der Waals surface area contributed by atoms with Crippen LogP contribution in [0.5, 0.6) is 0 Å². The van der Waals surface area contributed by atoms with E-state index in [1.807, 2.05) is 24.3 Å². The third kappa shape index (κ3) is 4.16. The van der Waals surface area contributed by atoms with Crippen LogP contribution in [0.3, 0.4) is 0 Å². The molecule has 2 aromatic rings. The standard InChI is InChI=1S/C17H24N2O2/c1-4-9-19(11-10-18(2)3)12-16(20)15-13-21-17-8-6-5-7-14(15)17/h5-8,13H,4,9-12H2,1-3H3. The summed E-state index contributed by atoms with van der Waals surface area (Å²) in [4.78, 5) is 16.9. The number of Topliss-reactive ketones (excluding diaryl/α,β-unsaturated/α-hetero) is 1. The fraction of sp³-hybridized carbons (Fsp3) is 0.471. The first-order valence-corrected chi connectivity index (χ1v) is 7.48. The number of fused-ring (bicyclic) bond motifs is 1. The summed E-state index contributed by atoms with van der Waals surface area (Å²) in [7, 11) is 4.10. The summed E-state index contributed by atoms with van der Waals surface area (Å²) in [5.41, 5.74) is 1.47. The molecule has 1 aromatic carbocycles. The molecule has 0 aliphatic rings. The zero-order chi connectivity index (χ0) is 15.2. The lowest BCUT2D eigenvalue weighted by atomic mass is 10.1. The van der Waals surface area contributed by atoms with Crippen LogP contribution < -0.4 is 0 Å². The van der Waals surface area contributed by atoms with Crippen LogP contribution in [0.4, 0.5) is 0 Å². The van der Waals surface area contributed by atoms with Gasteiger partial charge in [0.25, 0.3) is 0 Å². The number of likely N-dealkylation sites (N-methyl/N-ethyl adjacent to an activating group) is 1. The first kappa shape index (κ1) is 15.7. The van der Waals surface area contributed by atoms with E-state index >= 15 is 0 Å². The monoisotopic (exact) mass is 288 g/mol. The first-order valence-electron chi connectivity index (χ1n) is 7.48. The Balaban J connectivity index is 2.07. The normalized spacial score (nSPS) is 11.7. The molecule has 4 heteroatoms. The van der Waals surface area contributed by atoms with Gasteiger partial charge in [0.2, 0.25) is 0 Å². The highest BCUT2D eigenvalue weighted by molar-refractivity contribution is 6.08. The highest BCUT2D eigenvalue weighted by atomic mass is 16.3. The predicted molar refractivity (Wildman–Crippen MR) is 85.8 cm³/mol. The minimum atomic E-state index is 0.132. The molecule has 0 atom stereocenters. The quantitative estimate of drug-likeness (QED) is 0.700. The Morgan fingerprint density at radius 2 is 1.90 bits per heavy atom. The number of benzene rings is 1. The Labute approximate surface area is 126 Å². The molecule has 0 fully saturated rings. The topological polar surface area (TPSA) is 36.7 Å². The smallest absolute Gasteiger partial charge is 0.180 e. The molecular weight excluding hydrogens is 264 g/mol. The van der Waals surface area contributed by atoms with Crippen molar-refractivity contribution in [3.05, 3.63) is 36.1 Å². The van der Waals surface area contributed by atoms with E-state index < -0.39 is 0 Å². The largest absolute Gasteiger partial charge is 0.464 e. The van der Waals surface area contributed by atoms with E-state index in [1.165, 1.54) is 0 Å². The van der Waals surface area contributed by atoms with Crippen LogP contribution in [0.15, 0.2) is 34.9 Å². The summed E-state index contributed by atoms with van der Waals surface area (Å²) in [6.45, 7) is 5.39. The number of nitrogens with zero attached hydrogens (tertiary/aromatic N) is 2. The van der Waals surface area contributed by atoms with E-state index in [1.54, 1.807) is 6.26 Å². The molecule has 0 radical (unpaired) electrons. The van der Waals surface area contributed by atoms with Crippen molar-refractivity contribution in [1.29, 1.82) is 0 Å². The summed E-state index contributed by atoms with van der Waals surface area (Å²) < 4.78 is 5.46. The predicted octanol–water partition coefficient (Wildman–Crippen LogP) is 2.89. The van der Waals surface area contributed by atoms with Gasteiger partial charge in [-0.2, -0.15) is 0 Å². The number of rotatable bonds is 8. The lowest BCUT2D eigenvalue weighted by Crippen LogP contribution is -2.36. The second-order valence-electron chi connectivity index (χ2n) is 5.65. The van der Waals surface area contributed by atoms with Crippen molar-refractivity contribution in [2.75, 3.05) is 40.3 Å². The van der Waals surface area contributed by atoms with Crippen molar-refractivity contribution >= 4 is 16.8 Å². The fourth-order valence-corrected chi connectivity index (χ4v) is 2.41. The summed E-state index contributed by atoms with van der Waals surface area (Å²) in [5.74, 6) is 0.132. The van der Waals surface area contributed by atoms with Gasteiger partial charge in [0.05, 0.1) is 12.1 Å². The number of carbonyl (C=O) groups excluding carboxylic acids is 1. The van der Waals surface area contributed by atoms with Gasteiger partial charge in [0, 0.05) is 18.5 Å². The summed E-state index contributed by atoms with van der Waals surface area (Å²) in [6.07, 6.45) is 2.63. The van der Waals surface area contributed by atoms with Crippen LogP contribution in [-0.4, -0.2) is 55.9 Å². The molecule has 4 nitrogen and oxygen atoms in total. The lowest BCUT2D eigenvalue weighted by Gasteiger charge is -2.22. The van der Waals surface area contributed by atoms with Gasteiger partial charge in [-0.25, -0.2) is 0 Å². The van der Waals surface area contributed by atoms with Crippen LogP contribution in [-0.2, 0) is 0 Å². The van der Waals surface area contributed by atoms with Crippen molar-refractivity contribution in [2.45, 2.75) is 13.3 Å². The summed E-state index contributed by atoms with van der Waals surface area (Å²) in [6, 6.07) is 7.68. The highest BCUT2D eigenvalue weighted by Crippen LogP contribution is 2.21. The van der Waals surface area contributed by atoms with Crippen molar-refractivity contribution in [1.82, 2.24) is 9.80 Å². The van der Waals surface area contributed by atoms with Crippen LogP contribution >= 0.6 is 0 Å². The number of furan rings is 1. The number of hydrogen-bond donors (Lipinski definition) is 0.